The second-order valence-electron chi connectivity index (χ2n) is 7.21. The van der Waals surface area contributed by atoms with E-state index in [0.717, 1.165) is 22.5 Å². The first-order valence-electron chi connectivity index (χ1n) is 9.93. The number of anilines is 2. The highest BCUT2D eigenvalue weighted by Gasteiger charge is 2.38. The zero-order chi connectivity index (χ0) is 25.8. The molecule has 12 heteroatoms. The number of carboxylic acids is 1. The summed E-state index contributed by atoms with van der Waals surface area (Å²) in [5.41, 5.74) is 3.71. The maximum Gasteiger partial charge on any atom is 0.490 e. The highest BCUT2D eigenvalue weighted by molar-refractivity contribution is 5.95. The third-order valence-corrected chi connectivity index (χ3v) is 4.68. The molecule has 0 aliphatic heterocycles. The number of halogens is 3. The molecular formula is C22H23F3N4O5. The lowest BCUT2D eigenvalue weighted by Crippen LogP contribution is -2.21. The van der Waals surface area contributed by atoms with Crippen molar-refractivity contribution in [2.75, 3.05) is 12.4 Å². The van der Waals surface area contributed by atoms with Gasteiger partial charge in [-0.05, 0) is 45.4 Å². The van der Waals surface area contributed by atoms with Crippen LogP contribution in [-0.4, -0.2) is 44.9 Å². The van der Waals surface area contributed by atoms with E-state index in [1.165, 1.54) is 7.11 Å². The molecule has 1 aromatic carbocycles. The van der Waals surface area contributed by atoms with Crippen LogP contribution >= 0.6 is 0 Å². The number of methoxy groups -OCH3 is 1. The first-order valence-corrected chi connectivity index (χ1v) is 9.93. The topological polar surface area (TPSA) is 123 Å². The summed E-state index contributed by atoms with van der Waals surface area (Å²) in [6.07, 6.45) is -1.84. The Morgan fingerprint density at radius 2 is 1.82 bits per heavy atom. The van der Waals surface area contributed by atoms with Gasteiger partial charge in [0, 0.05) is 23.8 Å². The second-order valence-corrected chi connectivity index (χ2v) is 7.21. The van der Waals surface area contributed by atoms with E-state index in [9.17, 15) is 22.8 Å². The molecule has 0 amide bonds. The number of pyridine rings is 1. The van der Waals surface area contributed by atoms with Crippen molar-refractivity contribution >= 4 is 34.3 Å². The predicted octanol–water partition coefficient (Wildman–Crippen LogP) is 3.90. The minimum Gasteiger partial charge on any atom is -0.475 e. The van der Waals surface area contributed by atoms with E-state index in [1.54, 1.807) is 18.5 Å². The van der Waals surface area contributed by atoms with Crippen LogP contribution in [0.25, 0.3) is 10.9 Å². The third kappa shape index (κ3) is 5.88. The summed E-state index contributed by atoms with van der Waals surface area (Å²) in [5, 5.41) is 10.8. The maximum atomic E-state index is 12.9. The first-order chi connectivity index (χ1) is 15.8. The van der Waals surface area contributed by atoms with Gasteiger partial charge in [-0.25, -0.2) is 14.6 Å². The van der Waals surface area contributed by atoms with Gasteiger partial charge in [0.25, 0.3) is 0 Å². The smallest absolute Gasteiger partial charge is 0.475 e. The van der Waals surface area contributed by atoms with Gasteiger partial charge in [0.15, 0.2) is 5.82 Å². The molecule has 2 aromatic heterocycles. The fourth-order valence-electron chi connectivity index (χ4n) is 3.19. The van der Waals surface area contributed by atoms with Crippen LogP contribution in [0.15, 0.2) is 29.3 Å². The SMILES string of the molecule is CCn1cc(C(=O)OC)c(=O)c2cc(Nc3ncc(C)nc3C)cc(C)c21.O=C(O)C(F)(F)F. The van der Waals surface area contributed by atoms with E-state index in [-0.39, 0.29) is 11.0 Å². The second kappa shape index (κ2) is 10.3. The lowest BCUT2D eigenvalue weighted by molar-refractivity contribution is -0.192. The minimum atomic E-state index is -5.08. The van der Waals surface area contributed by atoms with E-state index < -0.39 is 18.1 Å². The molecule has 0 saturated heterocycles. The molecule has 3 aromatic rings. The number of fused-ring (bicyclic) bond motifs is 1. The Morgan fingerprint density at radius 1 is 1.21 bits per heavy atom. The van der Waals surface area contributed by atoms with Crippen molar-refractivity contribution in [1.82, 2.24) is 14.5 Å². The Bertz CT molecular complexity index is 1300. The molecule has 0 spiro atoms. The monoisotopic (exact) mass is 480 g/mol. The number of carbonyl (C=O) groups is 2. The number of carbonyl (C=O) groups excluding carboxylic acids is 1. The van der Waals surface area contributed by atoms with Crippen LogP contribution < -0.4 is 10.7 Å². The number of benzene rings is 1. The number of alkyl halides is 3. The van der Waals surface area contributed by atoms with Gasteiger partial charge < -0.3 is 19.7 Å². The first kappa shape index (κ1) is 26.3. The summed E-state index contributed by atoms with van der Waals surface area (Å²) >= 11 is 0. The molecule has 182 valence electrons. The van der Waals surface area contributed by atoms with Crippen molar-refractivity contribution in [3.05, 3.63) is 57.3 Å². The Morgan fingerprint density at radius 3 is 2.32 bits per heavy atom. The number of aromatic nitrogens is 3. The van der Waals surface area contributed by atoms with Gasteiger partial charge in [0.05, 0.1) is 30.2 Å². The summed E-state index contributed by atoms with van der Waals surface area (Å²) < 4.78 is 38.4. The van der Waals surface area contributed by atoms with Crippen molar-refractivity contribution < 1.29 is 32.6 Å². The Balaban J connectivity index is 0.000000509. The zero-order valence-electron chi connectivity index (χ0n) is 19.1. The van der Waals surface area contributed by atoms with Crippen molar-refractivity contribution in [3.8, 4) is 0 Å². The summed E-state index contributed by atoms with van der Waals surface area (Å²) in [4.78, 5) is 42.6. The van der Waals surface area contributed by atoms with E-state index in [2.05, 4.69) is 15.3 Å². The molecule has 9 nitrogen and oxygen atoms in total. The average molecular weight is 480 g/mol. The normalized spacial score (nSPS) is 10.9. The zero-order valence-corrected chi connectivity index (χ0v) is 19.1. The molecule has 0 aliphatic carbocycles. The molecule has 2 N–H and O–H groups in total. The van der Waals surface area contributed by atoms with Crippen LogP contribution in [0.2, 0.25) is 0 Å². The van der Waals surface area contributed by atoms with E-state index in [1.807, 2.05) is 38.3 Å². The molecule has 0 fully saturated rings. The van der Waals surface area contributed by atoms with Crippen LogP contribution in [0.1, 0.15) is 34.2 Å². The molecule has 2 heterocycles. The lowest BCUT2D eigenvalue weighted by Gasteiger charge is -2.15. The number of ether oxygens (including phenoxy) is 1. The van der Waals surface area contributed by atoms with Gasteiger partial charge in [0.2, 0.25) is 5.43 Å². The number of carboxylic acid groups (broad SMARTS) is 1. The fraction of sp³-hybridized carbons (Fsp3) is 0.318. The fourth-order valence-corrected chi connectivity index (χ4v) is 3.19. The molecule has 34 heavy (non-hydrogen) atoms. The number of hydrogen-bond acceptors (Lipinski definition) is 7. The summed E-state index contributed by atoms with van der Waals surface area (Å²) in [6.45, 7) is 8.27. The van der Waals surface area contributed by atoms with Crippen molar-refractivity contribution in [2.45, 2.75) is 40.4 Å². The number of hydrogen-bond donors (Lipinski definition) is 2. The number of aliphatic carboxylic acids is 1. The van der Waals surface area contributed by atoms with Gasteiger partial charge in [-0.15, -0.1) is 0 Å². The van der Waals surface area contributed by atoms with E-state index in [0.29, 0.717) is 23.4 Å². The standard InChI is InChI=1S/C20H22N4O3.C2HF3O2/c1-6-24-10-16(20(26)27-5)18(25)15-8-14(7-11(2)17(15)24)23-19-13(4)22-12(3)9-21-19;3-2(4,5)1(6)7/h7-10H,6H2,1-5H3,(H,21,23);(H,6,7). The number of aryl methyl sites for hydroxylation is 4. The van der Waals surface area contributed by atoms with Crippen molar-refractivity contribution in [3.63, 3.8) is 0 Å². The maximum absolute atomic E-state index is 12.9. The third-order valence-electron chi connectivity index (χ3n) is 4.68. The highest BCUT2D eigenvalue weighted by Crippen LogP contribution is 2.25. The molecular weight excluding hydrogens is 457 g/mol. The van der Waals surface area contributed by atoms with Crippen LogP contribution in [0, 0.1) is 20.8 Å². The molecule has 0 atom stereocenters. The number of rotatable bonds is 4. The van der Waals surface area contributed by atoms with E-state index >= 15 is 0 Å². The minimum absolute atomic E-state index is 0.0229. The average Bonchev–Trinajstić information content (AvgIpc) is 2.75. The van der Waals surface area contributed by atoms with Crippen LogP contribution in [0.5, 0.6) is 0 Å². The Kier molecular flexibility index (Phi) is 7.98. The van der Waals surface area contributed by atoms with Crippen molar-refractivity contribution in [1.29, 1.82) is 0 Å². The predicted molar refractivity (Wildman–Crippen MR) is 118 cm³/mol. The molecule has 0 radical (unpaired) electrons. The van der Waals surface area contributed by atoms with Gasteiger partial charge in [0.1, 0.15) is 5.56 Å². The van der Waals surface area contributed by atoms with Gasteiger partial charge in [-0.1, -0.05) is 0 Å². The summed E-state index contributed by atoms with van der Waals surface area (Å²) in [7, 11) is 1.27. The highest BCUT2D eigenvalue weighted by atomic mass is 19.4. The van der Waals surface area contributed by atoms with Gasteiger partial charge in [-0.3, -0.25) is 9.78 Å². The number of nitrogens with zero attached hydrogens (tertiary/aromatic N) is 3. The summed E-state index contributed by atoms with van der Waals surface area (Å²) in [6, 6.07) is 3.69. The molecule has 0 saturated carbocycles. The molecule has 3 rings (SSSR count). The van der Waals surface area contributed by atoms with Gasteiger partial charge in [-0.2, -0.15) is 13.2 Å². The van der Waals surface area contributed by atoms with Crippen LogP contribution in [0.4, 0.5) is 24.7 Å². The summed E-state index contributed by atoms with van der Waals surface area (Å²) in [5.74, 6) is -2.77. The Labute approximate surface area is 192 Å². The number of esters is 1. The van der Waals surface area contributed by atoms with Gasteiger partial charge >= 0.3 is 18.1 Å². The molecule has 0 unspecified atom stereocenters. The lowest BCUT2D eigenvalue weighted by atomic mass is 10.1. The van der Waals surface area contributed by atoms with Crippen molar-refractivity contribution in [2.24, 2.45) is 0 Å². The van der Waals surface area contributed by atoms with Crippen LogP contribution in [-0.2, 0) is 16.1 Å². The largest absolute Gasteiger partial charge is 0.490 e. The molecule has 0 aliphatic rings. The van der Waals surface area contributed by atoms with Crippen LogP contribution in [0.3, 0.4) is 0 Å². The number of nitrogens with one attached hydrogen (secondary N) is 1. The Hall–Kier alpha value is -3.96. The molecule has 0 bridgehead atoms. The quantitative estimate of drug-likeness (QED) is 0.539. The van der Waals surface area contributed by atoms with E-state index in [4.69, 9.17) is 14.6 Å².